The zero-order valence-electron chi connectivity index (χ0n) is 21.3. The largest absolute Gasteiger partial charge is 0.341 e. The second-order valence-corrected chi connectivity index (χ2v) is 11.8. The van der Waals surface area contributed by atoms with E-state index in [1.807, 2.05) is 57.2 Å². The summed E-state index contributed by atoms with van der Waals surface area (Å²) in [7, 11) is -3.68. The predicted octanol–water partition coefficient (Wildman–Crippen LogP) is 5.78. The van der Waals surface area contributed by atoms with Crippen LogP contribution in [0.2, 0.25) is 0 Å². The van der Waals surface area contributed by atoms with Crippen molar-refractivity contribution in [2.24, 2.45) is 5.92 Å². The maximum absolute atomic E-state index is 13.6. The summed E-state index contributed by atoms with van der Waals surface area (Å²) in [6.07, 6.45) is 1.32. The van der Waals surface area contributed by atoms with E-state index in [-0.39, 0.29) is 12.5 Å². The number of benzene rings is 3. The average molecular weight is 504 g/mol. The van der Waals surface area contributed by atoms with Crippen molar-refractivity contribution in [1.82, 2.24) is 8.87 Å². The molecule has 36 heavy (non-hydrogen) atoms. The van der Waals surface area contributed by atoms with Crippen molar-refractivity contribution < 1.29 is 13.2 Å². The molecule has 1 N–H and O–H groups in total. The molecule has 2 heterocycles. The summed E-state index contributed by atoms with van der Waals surface area (Å²) in [5.74, 6) is -0.530. The van der Waals surface area contributed by atoms with Gasteiger partial charge in [0.15, 0.2) is 0 Å². The predicted molar refractivity (Wildman–Crippen MR) is 146 cm³/mol. The highest BCUT2D eigenvalue weighted by atomic mass is 32.2. The molecule has 3 aromatic carbocycles. The van der Waals surface area contributed by atoms with E-state index in [1.54, 1.807) is 0 Å². The van der Waals surface area contributed by atoms with Crippen LogP contribution in [0, 0.1) is 26.7 Å². The monoisotopic (exact) mass is 503 g/mol. The molecule has 1 amide bonds. The number of hydrogen-bond acceptors (Lipinski definition) is 3. The number of carbonyl (C=O) groups is 1. The van der Waals surface area contributed by atoms with E-state index in [0.29, 0.717) is 24.3 Å². The van der Waals surface area contributed by atoms with Crippen LogP contribution >= 0.6 is 0 Å². The van der Waals surface area contributed by atoms with Crippen LogP contribution in [-0.4, -0.2) is 36.3 Å². The molecule has 1 saturated heterocycles. The molecule has 4 aromatic rings. The fraction of sp³-hybridized carbons (Fsp3) is 0.345. The Kier molecular flexibility index (Phi) is 6.39. The first kappa shape index (κ1) is 24.5. The van der Waals surface area contributed by atoms with Crippen LogP contribution in [-0.2, 0) is 21.4 Å². The van der Waals surface area contributed by atoms with Gasteiger partial charge in [0, 0.05) is 47.1 Å². The van der Waals surface area contributed by atoms with Crippen molar-refractivity contribution in [3.05, 3.63) is 71.3 Å². The zero-order chi connectivity index (χ0) is 25.6. The van der Waals surface area contributed by atoms with Crippen molar-refractivity contribution >= 4 is 43.4 Å². The van der Waals surface area contributed by atoms with Gasteiger partial charge in [0.1, 0.15) is 0 Å². The number of piperidine rings is 1. The molecule has 1 aliphatic rings. The molecule has 0 aliphatic carbocycles. The molecule has 0 radical (unpaired) electrons. The summed E-state index contributed by atoms with van der Waals surface area (Å²) in [6.45, 7) is 9.26. The number of amides is 1. The summed E-state index contributed by atoms with van der Waals surface area (Å²) >= 11 is 0. The first-order chi connectivity index (χ1) is 17.2. The quantitative estimate of drug-likeness (QED) is 0.375. The average Bonchev–Trinajstić information content (AvgIpc) is 3.16. The molecule has 1 aliphatic heterocycles. The molecular formula is C29H33N3O3S. The molecule has 188 valence electrons. The Morgan fingerprint density at radius 1 is 0.972 bits per heavy atom. The number of hydrogen-bond donors (Lipinski definition) is 1. The number of aromatic nitrogens is 1. The third-order valence-electron chi connectivity index (χ3n) is 7.31. The normalized spacial score (nSPS) is 17.1. The Labute approximate surface area is 213 Å². The van der Waals surface area contributed by atoms with Gasteiger partial charge >= 0.3 is 0 Å². The molecule has 0 bridgehead atoms. The molecule has 0 saturated carbocycles. The topological polar surface area (TPSA) is 71.4 Å². The number of nitrogens with zero attached hydrogens (tertiary/aromatic N) is 2. The second kappa shape index (κ2) is 9.37. The van der Waals surface area contributed by atoms with Crippen LogP contribution in [0.3, 0.4) is 0 Å². The van der Waals surface area contributed by atoms with E-state index in [0.717, 1.165) is 45.2 Å². The van der Waals surface area contributed by atoms with Crippen molar-refractivity contribution in [2.75, 3.05) is 18.4 Å². The van der Waals surface area contributed by atoms with E-state index in [4.69, 9.17) is 0 Å². The molecule has 0 spiro atoms. The van der Waals surface area contributed by atoms with E-state index in [2.05, 4.69) is 35.0 Å². The van der Waals surface area contributed by atoms with Crippen molar-refractivity contribution in [1.29, 1.82) is 0 Å². The molecule has 1 atom stereocenters. The highest BCUT2D eigenvalue weighted by molar-refractivity contribution is 7.89. The standard InChI is InChI=1S/C29H33N3O3S/c1-5-32-26-11-7-6-10-24(26)25-17-23(12-13-27(25)32)30-29(33)22-9-8-14-31(18-22)36(34,35)28-20(3)15-19(2)16-21(28)4/h6-7,10-13,15-17,22H,5,8-9,14,18H2,1-4H3,(H,30,33)/t22-/m0/s1. The van der Waals surface area contributed by atoms with E-state index >= 15 is 0 Å². The minimum absolute atomic E-state index is 0.133. The van der Waals surface area contributed by atoms with Gasteiger partial charge in [-0.2, -0.15) is 4.31 Å². The van der Waals surface area contributed by atoms with Crippen LogP contribution in [0.1, 0.15) is 36.5 Å². The Hall–Kier alpha value is -3.16. The first-order valence-corrected chi connectivity index (χ1v) is 14.0. The number of para-hydroxylation sites is 1. The highest BCUT2D eigenvalue weighted by Crippen LogP contribution is 2.32. The summed E-state index contributed by atoms with van der Waals surface area (Å²) < 4.78 is 30.9. The van der Waals surface area contributed by atoms with Gasteiger partial charge < -0.3 is 9.88 Å². The third kappa shape index (κ3) is 4.20. The molecule has 1 aromatic heterocycles. The molecule has 7 heteroatoms. The molecular weight excluding hydrogens is 470 g/mol. The lowest BCUT2D eigenvalue weighted by atomic mass is 9.98. The number of fused-ring (bicyclic) bond motifs is 3. The van der Waals surface area contributed by atoms with Gasteiger partial charge in [0.25, 0.3) is 0 Å². The molecule has 6 nitrogen and oxygen atoms in total. The zero-order valence-corrected chi connectivity index (χ0v) is 22.2. The molecule has 1 fully saturated rings. The van der Waals surface area contributed by atoms with E-state index in [9.17, 15) is 13.2 Å². The number of aryl methyl sites for hydroxylation is 4. The fourth-order valence-corrected chi connectivity index (χ4v) is 7.73. The minimum atomic E-state index is -3.68. The number of sulfonamides is 1. The lowest BCUT2D eigenvalue weighted by molar-refractivity contribution is -0.120. The lowest BCUT2D eigenvalue weighted by Gasteiger charge is -2.32. The number of carbonyl (C=O) groups excluding carboxylic acids is 1. The SMILES string of the molecule is CCn1c2ccccc2c2cc(NC(=O)[C@H]3CCCN(S(=O)(=O)c4c(C)cc(C)cc4C)C3)ccc21. The highest BCUT2D eigenvalue weighted by Gasteiger charge is 2.35. The summed E-state index contributed by atoms with van der Waals surface area (Å²) in [4.78, 5) is 13.6. The van der Waals surface area contributed by atoms with Crippen LogP contribution in [0.4, 0.5) is 5.69 Å². The van der Waals surface area contributed by atoms with Crippen molar-refractivity contribution in [3.63, 3.8) is 0 Å². The smallest absolute Gasteiger partial charge is 0.243 e. The Balaban J connectivity index is 1.39. The van der Waals surface area contributed by atoms with E-state index < -0.39 is 15.9 Å². The van der Waals surface area contributed by atoms with Crippen molar-refractivity contribution in [3.8, 4) is 0 Å². The summed E-state index contributed by atoms with van der Waals surface area (Å²) in [6, 6.07) is 18.1. The fourth-order valence-electron chi connectivity index (χ4n) is 5.79. The summed E-state index contributed by atoms with van der Waals surface area (Å²) in [5.41, 5.74) is 5.58. The maximum atomic E-state index is 13.6. The number of nitrogens with one attached hydrogen (secondary N) is 1. The van der Waals surface area contributed by atoms with Gasteiger partial charge in [0.2, 0.25) is 15.9 Å². The number of rotatable bonds is 5. The van der Waals surface area contributed by atoms with E-state index in [1.165, 1.54) is 9.82 Å². The molecule has 5 rings (SSSR count). The lowest BCUT2D eigenvalue weighted by Crippen LogP contribution is -2.44. The molecule has 0 unspecified atom stereocenters. The first-order valence-electron chi connectivity index (χ1n) is 12.6. The van der Waals surface area contributed by atoms with Crippen molar-refractivity contribution in [2.45, 2.75) is 52.0 Å². The van der Waals surface area contributed by atoms with Gasteiger partial charge in [-0.05, 0) is 75.9 Å². The number of anilines is 1. The Bertz CT molecular complexity index is 1560. The minimum Gasteiger partial charge on any atom is -0.341 e. The van der Waals surface area contributed by atoms with Gasteiger partial charge in [-0.3, -0.25) is 4.79 Å². The third-order valence-corrected chi connectivity index (χ3v) is 9.48. The van der Waals surface area contributed by atoms with Crippen LogP contribution < -0.4 is 5.32 Å². The van der Waals surface area contributed by atoms with Gasteiger partial charge in [0.05, 0.1) is 10.8 Å². The summed E-state index contributed by atoms with van der Waals surface area (Å²) in [5, 5.41) is 5.33. The van der Waals surface area contributed by atoms with Gasteiger partial charge in [-0.1, -0.05) is 35.9 Å². The van der Waals surface area contributed by atoms with Crippen LogP contribution in [0.15, 0.2) is 59.5 Å². The maximum Gasteiger partial charge on any atom is 0.243 e. The van der Waals surface area contributed by atoms with Crippen LogP contribution in [0.5, 0.6) is 0 Å². The Morgan fingerprint density at radius 3 is 2.39 bits per heavy atom. The van der Waals surface area contributed by atoms with Gasteiger partial charge in [-0.15, -0.1) is 0 Å². The van der Waals surface area contributed by atoms with Gasteiger partial charge in [-0.25, -0.2) is 8.42 Å². The Morgan fingerprint density at radius 2 is 1.67 bits per heavy atom. The van der Waals surface area contributed by atoms with Crippen LogP contribution in [0.25, 0.3) is 21.8 Å². The second-order valence-electron chi connectivity index (χ2n) is 9.91.